The van der Waals surface area contributed by atoms with Crippen molar-refractivity contribution in [2.24, 2.45) is 10.9 Å². The number of hydrogen-bond donors (Lipinski definition) is 2. The fourth-order valence-corrected chi connectivity index (χ4v) is 2.72. The molecule has 1 aliphatic rings. The Morgan fingerprint density at radius 1 is 1.23 bits per heavy atom. The van der Waals surface area contributed by atoms with E-state index in [0.717, 1.165) is 83.5 Å². The minimum absolute atomic E-state index is 0. The van der Waals surface area contributed by atoms with Crippen LogP contribution in [0, 0.1) is 5.92 Å². The predicted octanol–water partition coefficient (Wildman–Crippen LogP) is 2.74. The summed E-state index contributed by atoms with van der Waals surface area (Å²) in [6, 6.07) is 3.93. The zero-order valence-corrected chi connectivity index (χ0v) is 18.5. The molecule has 2 N–H and O–H groups in total. The molecular formula is C19H35IN4O2. The summed E-state index contributed by atoms with van der Waals surface area (Å²) in [5.74, 6) is 2.61. The molecule has 1 aliphatic heterocycles. The Morgan fingerprint density at radius 3 is 2.69 bits per heavy atom. The largest absolute Gasteiger partial charge is 0.469 e. The fourth-order valence-electron chi connectivity index (χ4n) is 2.72. The van der Waals surface area contributed by atoms with Gasteiger partial charge < -0.3 is 19.8 Å². The molecule has 26 heavy (non-hydrogen) atoms. The minimum Gasteiger partial charge on any atom is -0.469 e. The average Bonchev–Trinajstić information content (AvgIpc) is 3.12. The molecule has 0 spiro atoms. The lowest BCUT2D eigenvalue weighted by atomic mass is 10.1. The zero-order valence-electron chi connectivity index (χ0n) is 16.2. The van der Waals surface area contributed by atoms with Crippen LogP contribution >= 0.6 is 24.0 Å². The molecule has 0 amide bonds. The first kappa shape index (κ1) is 23.2. The van der Waals surface area contributed by atoms with Gasteiger partial charge in [0.1, 0.15) is 5.76 Å². The van der Waals surface area contributed by atoms with Crippen LogP contribution in [-0.4, -0.2) is 63.3 Å². The van der Waals surface area contributed by atoms with Crippen LogP contribution in [0.25, 0.3) is 0 Å². The highest BCUT2D eigenvalue weighted by atomic mass is 127. The molecule has 1 fully saturated rings. The molecular weight excluding hydrogens is 443 g/mol. The minimum atomic E-state index is 0. The van der Waals surface area contributed by atoms with Crippen molar-refractivity contribution in [1.29, 1.82) is 0 Å². The number of furan rings is 1. The second-order valence-electron chi connectivity index (χ2n) is 6.90. The van der Waals surface area contributed by atoms with Crippen molar-refractivity contribution in [3.8, 4) is 0 Å². The summed E-state index contributed by atoms with van der Waals surface area (Å²) < 4.78 is 10.8. The van der Waals surface area contributed by atoms with E-state index in [1.165, 1.54) is 0 Å². The molecule has 0 unspecified atom stereocenters. The predicted molar refractivity (Wildman–Crippen MR) is 117 cm³/mol. The number of nitrogens with zero attached hydrogens (tertiary/aromatic N) is 2. The van der Waals surface area contributed by atoms with E-state index in [1.807, 2.05) is 12.1 Å². The first-order valence-electron chi connectivity index (χ1n) is 9.58. The summed E-state index contributed by atoms with van der Waals surface area (Å²) in [6.45, 7) is 12.0. The van der Waals surface area contributed by atoms with Crippen LogP contribution in [0.15, 0.2) is 27.8 Å². The maximum absolute atomic E-state index is 5.39. The van der Waals surface area contributed by atoms with E-state index in [1.54, 1.807) is 6.26 Å². The van der Waals surface area contributed by atoms with Gasteiger partial charge in [0, 0.05) is 45.7 Å². The number of nitrogens with one attached hydrogen (secondary N) is 2. The van der Waals surface area contributed by atoms with Crippen LogP contribution in [-0.2, 0) is 11.2 Å². The standard InChI is InChI=1S/C19H34N4O2.HI/c1-17(2)6-9-21-19(22-10-7-18-5-3-14-25-18)20-8-4-11-23-12-15-24-16-13-23;/h3,5,14,17H,4,6-13,15-16H2,1-2H3,(H2,20,21,22);1H. The van der Waals surface area contributed by atoms with Crippen LogP contribution in [0.1, 0.15) is 32.4 Å². The summed E-state index contributed by atoms with van der Waals surface area (Å²) in [5, 5.41) is 6.86. The van der Waals surface area contributed by atoms with Gasteiger partial charge in [0.05, 0.1) is 19.5 Å². The molecule has 1 saturated heterocycles. The van der Waals surface area contributed by atoms with E-state index in [4.69, 9.17) is 14.1 Å². The Labute approximate surface area is 175 Å². The SMILES string of the molecule is CC(C)CCNC(=NCCCN1CCOCC1)NCCc1ccco1.I. The highest BCUT2D eigenvalue weighted by molar-refractivity contribution is 14.0. The normalized spacial score (nSPS) is 15.7. The molecule has 2 rings (SSSR count). The van der Waals surface area contributed by atoms with Crippen molar-refractivity contribution in [2.45, 2.75) is 33.1 Å². The second-order valence-corrected chi connectivity index (χ2v) is 6.90. The topological polar surface area (TPSA) is 62.0 Å². The number of halogens is 1. The maximum atomic E-state index is 5.39. The van der Waals surface area contributed by atoms with Gasteiger partial charge in [-0.2, -0.15) is 0 Å². The van der Waals surface area contributed by atoms with E-state index in [0.29, 0.717) is 5.92 Å². The Kier molecular flexibility index (Phi) is 12.8. The number of aliphatic imine (C=N–C) groups is 1. The van der Waals surface area contributed by atoms with Gasteiger partial charge in [-0.25, -0.2) is 0 Å². The lowest BCUT2D eigenvalue weighted by molar-refractivity contribution is 0.0377. The van der Waals surface area contributed by atoms with Gasteiger partial charge in [-0.05, 0) is 30.9 Å². The number of ether oxygens (including phenoxy) is 1. The van der Waals surface area contributed by atoms with E-state index in [9.17, 15) is 0 Å². The number of rotatable bonds is 10. The fraction of sp³-hybridized carbons (Fsp3) is 0.737. The summed E-state index contributed by atoms with van der Waals surface area (Å²) in [4.78, 5) is 7.18. The van der Waals surface area contributed by atoms with Gasteiger partial charge in [-0.15, -0.1) is 24.0 Å². The molecule has 2 heterocycles. The van der Waals surface area contributed by atoms with Crippen molar-refractivity contribution in [3.05, 3.63) is 24.2 Å². The van der Waals surface area contributed by atoms with Gasteiger partial charge in [0.15, 0.2) is 5.96 Å². The highest BCUT2D eigenvalue weighted by Gasteiger charge is 2.09. The highest BCUT2D eigenvalue weighted by Crippen LogP contribution is 2.00. The summed E-state index contributed by atoms with van der Waals surface area (Å²) in [7, 11) is 0. The van der Waals surface area contributed by atoms with Crippen LogP contribution < -0.4 is 10.6 Å². The molecule has 6 nitrogen and oxygen atoms in total. The first-order chi connectivity index (χ1) is 12.2. The van der Waals surface area contributed by atoms with Gasteiger partial charge in [0.2, 0.25) is 0 Å². The third-order valence-corrected chi connectivity index (χ3v) is 4.26. The monoisotopic (exact) mass is 478 g/mol. The number of morpholine rings is 1. The molecule has 0 atom stereocenters. The van der Waals surface area contributed by atoms with Crippen molar-refractivity contribution >= 4 is 29.9 Å². The Bertz CT molecular complexity index is 474. The summed E-state index contributed by atoms with van der Waals surface area (Å²) in [6.07, 6.45) is 4.81. The Balaban J connectivity index is 0.00000338. The lowest BCUT2D eigenvalue weighted by Gasteiger charge is -2.26. The third-order valence-electron chi connectivity index (χ3n) is 4.26. The van der Waals surface area contributed by atoms with E-state index in [-0.39, 0.29) is 24.0 Å². The molecule has 1 aromatic heterocycles. The maximum Gasteiger partial charge on any atom is 0.191 e. The quantitative estimate of drug-likeness (QED) is 0.235. The van der Waals surface area contributed by atoms with Crippen LogP contribution in [0.2, 0.25) is 0 Å². The average molecular weight is 478 g/mol. The van der Waals surface area contributed by atoms with Crippen LogP contribution in [0.4, 0.5) is 0 Å². The molecule has 0 aliphatic carbocycles. The van der Waals surface area contributed by atoms with E-state index < -0.39 is 0 Å². The van der Waals surface area contributed by atoms with Gasteiger partial charge in [-0.3, -0.25) is 9.89 Å². The van der Waals surface area contributed by atoms with Crippen LogP contribution in [0.3, 0.4) is 0 Å². The number of guanidine groups is 1. The van der Waals surface area contributed by atoms with Gasteiger partial charge >= 0.3 is 0 Å². The Hall–Kier alpha value is -0.800. The summed E-state index contributed by atoms with van der Waals surface area (Å²) in [5.41, 5.74) is 0. The molecule has 0 bridgehead atoms. The zero-order chi connectivity index (χ0) is 17.7. The second kappa shape index (κ2) is 14.3. The molecule has 1 aromatic rings. The van der Waals surface area contributed by atoms with E-state index in [2.05, 4.69) is 29.4 Å². The third kappa shape index (κ3) is 10.4. The molecule has 0 saturated carbocycles. The molecule has 0 aromatic carbocycles. The Morgan fingerprint density at radius 2 is 2.00 bits per heavy atom. The van der Waals surface area contributed by atoms with Gasteiger partial charge in [-0.1, -0.05) is 13.8 Å². The van der Waals surface area contributed by atoms with Crippen LogP contribution in [0.5, 0.6) is 0 Å². The van der Waals surface area contributed by atoms with E-state index >= 15 is 0 Å². The molecule has 7 heteroatoms. The number of hydrogen-bond acceptors (Lipinski definition) is 4. The van der Waals surface area contributed by atoms with Crippen molar-refractivity contribution in [1.82, 2.24) is 15.5 Å². The van der Waals surface area contributed by atoms with Crippen molar-refractivity contribution < 1.29 is 9.15 Å². The first-order valence-corrected chi connectivity index (χ1v) is 9.58. The summed E-state index contributed by atoms with van der Waals surface area (Å²) >= 11 is 0. The molecule has 150 valence electrons. The smallest absolute Gasteiger partial charge is 0.191 e. The van der Waals surface area contributed by atoms with Gasteiger partial charge in [0.25, 0.3) is 0 Å². The van der Waals surface area contributed by atoms with Crippen molar-refractivity contribution in [3.63, 3.8) is 0 Å². The molecule has 0 radical (unpaired) electrons. The van der Waals surface area contributed by atoms with Crippen molar-refractivity contribution in [2.75, 3.05) is 52.5 Å². The lowest BCUT2D eigenvalue weighted by Crippen LogP contribution is -2.39.